The van der Waals surface area contributed by atoms with Crippen molar-refractivity contribution < 1.29 is 14.3 Å². The maximum Gasteiger partial charge on any atom is 0.169 e. The number of hydrogen-bond donors (Lipinski definition) is 0. The van der Waals surface area contributed by atoms with Crippen molar-refractivity contribution in [2.75, 3.05) is 7.11 Å². The second-order valence-corrected chi connectivity index (χ2v) is 5.36. The minimum Gasteiger partial charge on any atom is -0.497 e. The minimum absolute atomic E-state index is 0.0763. The Balaban J connectivity index is 2.05. The summed E-state index contributed by atoms with van der Waals surface area (Å²) >= 11 is 0. The number of carbonyl (C=O) groups is 1. The van der Waals surface area contributed by atoms with E-state index in [0.29, 0.717) is 0 Å². The number of rotatable bonds is 3. The maximum atomic E-state index is 12.0. The van der Waals surface area contributed by atoms with Crippen LogP contribution < -0.4 is 4.74 Å². The molecule has 92 valence electrons. The summed E-state index contributed by atoms with van der Waals surface area (Å²) in [6.07, 6.45) is -0.351. The van der Waals surface area contributed by atoms with Gasteiger partial charge < -0.3 is 9.47 Å². The molecule has 1 aromatic carbocycles. The monoisotopic (exact) mass is 234 g/mol. The highest BCUT2D eigenvalue weighted by Gasteiger charge is 2.49. The zero-order chi connectivity index (χ0) is 12.6. The molecule has 0 saturated carbocycles. The Morgan fingerprint density at radius 2 is 1.82 bits per heavy atom. The molecule has 0 aromatic heterocycles. The molecule has 0 bridgehead atoms. The Morgan fingerprint density at radius 3 is 2.29 bits per heavy atom. The number of carbonyl (C=O) groups excluding carboxylic acids is 1. The van der Waals surface area contributed by atoms with E-state index in [-0.39, 0.29) is 23.4 Å². The molecule has 0 spiro atoms. The first-order valence-electron chi connectivity index (χ1n) is 5.77. The maximum absolute atomic E-state index is 12.0. The van der Waals surface area contributed by atoms with Crippen LogP contribution in [0.4, 0.5) is 0 Å². The van der Waals surface area contributed by atoms with Gasteiger partial charge in [-0.1, -0.05) is 32.9 Å². The van der Waals surface area contributed by atoms with Crippen molar-refractivity contribution >= 4 is 5.78 Å². The van der Waals surface area contributed by atoms with E-state index in [1.807, 2.05) is 45.0 Å². The number of ether oxygens (including phenoxy) is 2. The van der Waals surface area contributed by atoms with Gasteiger partial charge in [0.15, 0.2) is 5.78 Å². The molecule has 1 heterocycles. The largest absolute Gasteiger partial charge is 0.497 e. The Labute approximate surface area is 102 Å². The third-order valence-electron chi connectivity index (χ3n) is 2.93. The topological polar surface area (TPSA) is 38.8 Å². The number of epoxide rings is 1. The van der Waals surface area contributed by atoms with Crippen LogP contribution in [0.25, 0.3) is 0 Å². The third kappa shape index (κ3) is 2.50. The SMILES string of the molecule is COc1ccc([C@H]2O[C@H]2C(=O)C(C)(C)C)cc1. The zero-order valence-corrected chi connectivity index (χ0v) is 10.7. The number of benzene rings is 1. The van der Waals surface area contributed by atoms with Gasteiger partial charge in [-0.25, -0.2) is 0 Å². The van der Waals surface area contributed by atoms with Gasteiger partial charge in [0.1, 0.15) is 18.0 Å². The van der Waals surface area contributed by atoms with E-state index in [9.17, 15) is 4.79 Å². The number of hydrogen-bond acceptors (Lipinski definition) is 3. The van der Waals surface area contributed by atoms with Gasteiger partial charge >= 0.3 is 0 Å². The van der Waals surface area contributed by atoms with E-state index >= 15 is 0 Å². The van der Waals surface area contributed by atoms with E-state index in [1.54, 1.807) is 7.11 Å². The van der Waals surface area contributed by atoms with Gasteiger partial charge in [-0.15, -0.1) is 0 Å². The smallest absolute Gasteiger partial charge is 0.169 e. The highest BCUT2D eigenvalue weighted by molar-refractivity contribution is 5.90. The molecule has 0 unspecified atom stereocenters. The van der Waals surface area contributed by atoms with Crippen molar-refractivity contribution in [3.63, 3.8) is 0 Å². The van der Waals surface area contributed by atoms with Crippen LogP contribution in [0, 0.1) is 5.41 Å². The fraction of sp³-hybridized carbons (Fsp3) is 0.500. The molecule has 2 rings (SSSR count). The van der Waals surface area contributed by atoms with Gasteiger partial charge in [-0.3, -0.25) is 4.79 Å². The van der Waals surface area contributed by atoms with Crippen molar-refractivity contribution in [3.8, 4) is 5.75 Å². The second-order valence-electron chi connectivity index (χ2n) is 5.36. The van der Waals surface area contributed by atoms with E-state index in [1.165, 1.54) is 0 Å². The first-order chi connectivity index (χ1) is 7.93. The fourth-order valence-electron chi connectivity index (χ4n) is 1.79. The fourth-order valence-corrected chi connectivity index (χ4v) is 1.79. The molecule has 3 nitrogen and oxygen atoms in total. The molecule has 1 aliphatic rings. The van der Waals surface area contributed by atoms with Gasteiger partial charge in [0.05, 0.1) is 7.11 Å². The molecule has 0 aliphatic carbocycles. The zero-order valence-electron chi connectivity index (χ0n) is 10.7. The van der Waals surface area contributed by atoms with Crippen molar-refractivity contribution in [2.45, 2.75) is 33.0 Å². The molecule has 0 amide bonds. The molecule has 0 N–H and O–H groups in total. The molecule has 1 aliphatic heterocycles. The average molecular weight is 234 g/mol. The van der Waals surface area contributed by atoms with Crippen LogP contribution in [-0.4, -0.2) is 19.0 Å². The lowest BCUT2D eigenvalue weighted by Crippen LogP contribution is -2.25. The van der Waals surface area contributed by atoms with Gasteiger partial charge in [0.25, 0.3) is 0 Å². The molecule has 17 heavy (non-hydrogen) atoms. The first-order valence-corrected chi connectivity index (χ1v) is 5.77. The third-order valence-corrected chi connectivity index (χ3v) is 2.93. The molecule has 1 saturated heterocycles. The Hall–Kier alpha value is -1.35. The molecule has 3 heteroatoms. The van der Waals surface area contributed by atoms with Gasteiger partial charge in [0.2, 0.25) is 0 Å². The molecule has 2 atom stereocenters. The van der Waals surface area contributed by atoms with Crippen LogP contribution in [0.1, 0.15) is 32.4 Å². The summed E-state index contributed by atoms with van der Waals surface area (Å²) in [6.45, 7) is 5.76. The predicted octanol–water partition coefficient (Wildman–Crippen LogP) is 2.75. The van der Waals surface area contributed by atoms with Crippen molar-refractivity contribution in [3.05, 3.63) is 29.8 Å². The molecular weight excluding hydrogens is 216 g/mol. The second kappa shape index (κ2) is 4.15. The number of Topliss-reactive ketones (excluding diaryl/α,β-unsaturated/α-hetero) is 1. The predicted molar refractivity (Wildman–Crippen MR) is 65.1 cm³/mol. The van der Waals surface area contributed by atoms with Gasteiger partial charge in [-0.05, 0) is 17.7 Å². The van der Waals surface area contributed by atoms with Crippen molar-refractivity contribution in [2.24, 2.45) is 5.41 Å². The summed E-state index contributed by atoms with van der Waals surface area (Å²) in [6, 6.07) is 7.66. The quantitative estimate of drug-likeness (QED) is 0.755. The molecule has 1 fully saturated rings. The van der Waals surface area contributed by atoms with Crippen LogP contribution in [0.15, 0.2) is 24.3 Å². The van der Waals surface area contributed by atoms with Crippen LogP contribution in [-0.2, 0) is 9.53 Å². The Bertz CT molecular complexity index is 414. The number of ketones is 1. The van der Waals surface area contributed by atoms with Crippen LogP contribution >= 0.6 is 0 Å². The molecular formula is C14H18O3. The highest BCUT2D eigenvalue weighted by atomic mass is 16.6. The summed E-state index contributed by atoms with van der Waals surface area (Å²) in [5, 5.41) is 0. The summed E-state index contributed by atoms with van der Waals surface area (Å²) < 4.78 is 10.6. The lowest BCUT2D eigenvalue weighted by atomic mass is 9.87. The van der Waals surface area contributed by atoms with Gasteiger partial charge in [0, 0.05) is 5.41 Å². The summed E-state index contributed by atoms with van der Waals surface area (Å²) in [5.74, 6) is 0.978. The Morgan fingerprint density at radius 1 is 1.24 bits per heavy atom. The van der Waals surface area contributed by atoms with Gasteiger partial charge in [-0.2, -0.15) is 0 Å². The van der Waals surface area contributed by atoms with Crippen LogP contribution in [0.3, 0.4) is 0 Å². The number of methoxy groups -OCH3 is 1. The van der Waals surface area contributed by atoms with Crippen LogP contribution in [0.5, 0.6) is 5.75 Å². The normalized spacial score (nSPS) is 23.3. The van der Waals surface area contributed by atoms with E-state index in [2.05, 4.69) is 0 Å². The first kappa shape index (κ1) is 12.1. The van der Waals surface area contributed by atoms with Crippen molar-refractivity contribution in [1.82, 2.24) is 0 Å². The molecule has 1 aromatic rings. The van der Waals surface area contributed by atoms with E-state index in [4.69, 9.17) is 9.47 Å². The summed E-state index contributed by atoms with van der Waals surface area (Å²) in [7, 11) is 1.63. The van der Waals surface area contributed by atoms with Crippen molar-refractivity contribution in [1.29, 1.82) is 0 Å². The Kier molecular flexibility index (Phi) is 2.96. The summed E-state index contributed by atoms with van der Waals surface area (Å²) in [5.41, 5.74) is 0.694. The standard InChI is InChI=1S/C14H18O3/c1-14(2,3)13(15)12-11(17-12)9-5-7-10(16-4)8-6-9/h5-8,11-12H,1-4H3/t11-,12-/m1/s1. The highest BCUT2D eigenvalue weighted by Crippen LogP contribution is 2.42. The summed E-state index contributed by atoms with van der Waals surface area (Å²) in [4.78, 5) is 12.0. The average Bonchev–Trinajstić information content (AvgIpc) is 3.07. The lowest BCUT2D eigenvalue weighted by Gasteiger charge is -2.14. The molecule has 0 radical (unpaired) electrons. The lowest BCUT2D eigenvalue weighted by molar-refractivity contribution is -0.127. The van der Waals surface area contributed by atoms with E-state index < -0.39 is 0 Å². The van der Waals surface area contributed by atoms with E-state index in [0.717, 1.165) is 11.3 Å². The minimum atomic E-state index is -0.341. The van der Waals surface area contributed by atoms with Crippen LogP contribution in [0.2, 0.25) is 0 Å².